The zero-order chi connectivity index (χ0) is 9.94. The molecule has 1 atom stereocenters. The van der Waals surface area contributed by atoms with Crippen LogP contribution in [0.15, 0.2) is 0 Å². The van der Waals surface area contributed by atoms with Gasteiger partial charge < -0.3 is 15.2 Å². The van der Waals surface area contributed by atoms with Gasteiger partial charge in [0.05, 0.1) is 19.3 Å². The highest BCUT2D eigenvalue weighted by atomic mass is 16.5. The fourth-order valence-corrected chi connectivity index (χ4v) is 0.938. The quantitative estimate of drug-likeness (QED) is 0.424. The summed E-state index contributed by atoms with van der Waals surface area (Å²) < 4.78 is 5.09. The summed E-state index contributed by atoms with van der Waals surface area (Å²) in [5, 5.41) is 11.6. The molecule has 0 amide bonds. The molecule has 0 saturated heterocycles. The molecule has 3 nitrogen and oxygen atoms in total. The molecule has 0 spiro atoms. The maximum Gasteiger partial charge on any atom is 0.0697 e. The third-order valence-electron chi connectivity index (χ3n) is 1.70. The Bertz CT molecular complexity index is 142. The summed E-state index contributed by atoms with van der Waals surface area (Å²) in [6.07, 6.45) is 7.15. The first-order valence-corrected chi connectivity index (χ1v) is 4.73. The molecule has 2 N–H and O–H groups in total. The minimum absolute atomic E-state index is 0.0926. The summed E-state index contributed by atoms with van der Waals surface area (Å²) in [6, 6.07) is 0.179. The van der Waals surface area contributed by atoms with Crippen LogP contribution >= 0.6 is 0 Å². The van der Waals surface area contributed by atoms with Crippen molar-refractivity contribution < 1.29 is 9.84 Å². The molecule has 0 radical (unpaired) electrons. The van der Waals surface area contributed by atoms with E-state index in [1.807, 2.05) is 0 Å². The number of ether oxygens (including phenoxy) is 1. The summed E-state index contributed by atoms with van der Waals surface area (Å²) >= 11 is 0. The van der Waals surface area contributed by atoms with Crippen molar-refractivity contribution in [2.24, 2.45) is 0 Å². The van der Waals surface area contributed by atoms with E-state index in [0.29, 0.717) is 13.2 Å². The SMILES string of the molecule is C#CC(CC)NCCCOCCO. The van der Waals surface area contributed by atoms with E-state index < -0.39 is 0 Å². The Morgan fingerprint density at radius 2 is 2.31 bits per heavy atom. The largest absolute Gasteiger partial charge is 0.394 e. The molecule has 3 heteroatoms. The second kappa shape index (κ2) is 9.53. The smallest absolute Gasteiger partial charge is 0.0697 e. The monoisotopic (exact) mass is 185 g/mol. The van der Waals surface area contributed by atoms with Gasteiger partial charge in [-0.3, -0.25) is 0 Å². The summed E-state index contributed by atoms with van der Waals surface area (Å²) in [5.74, 6) is 2.66. The second-order valence-electron chi connectivity index (χ2n) is 2.77. The van der Waals surface area contributed by atoms with Crippen molar-refractivity contribution in [1.29, 1.82) is 0 Å². The van der Waals surface area contributed by atoms with Gasteiger partial charge in [0.15, 0.2) is 0 Å². The van der Waals surface area contributed by atoms with Crippen LogP contribution in [0, 0.1) is 12.3 Å². The molecule has 76 valence electrons. The molecule has 0 aromatic rings. The van der Waals surface area contributed by atoms with Crippen molar-refractivity contribution in [3.8, 4) is 12.3 Å². The molecule has 0 aliphatic heterocycles. The van der Waals surface area contributed by atoms with E-state index in [-0.39, 0.29) is 12.6 Å². The number of aliphatic hydroxyl groups excluding tert-OH is 1. The van der Waals surface area contributed by atoms with Crippen molar-refractivity contribution in [3.05, 3.63) is 0 Å². The molecule has 0 bridgehead atoms. The van der Waals surface area contributed by atoms with Crippen molar-refractivity contribution in [1.82, 2.24) is 5.32 Å². The highest BCUT2D eigenvalue weighted by molar-refractivity contribution is 4.97. The topological polar surface area (TPSA) is 41.5 Å². The normalized spacial score (nSPS) is 12.4. The summed E-state index contributed by atoms with van der Waals surface area (Å²) in [5.41, 5.74) is 0. The third kappa shape index (κ3) is 7.79. The van der Waals surface area contributed by atoms with Crippen LogP contribution in [-0.4, -0.2) is 37.5 Å². The summed E-state index contributed by atoms with van der Waals surface area (Å²) in [6.45, 7) is 4.12. The first kappa shape index (κ1) is 12.4. The van der Waals surface area contributed by atoms with Crippen molar-refractivity contribution >= 4 is 0 Å². The van der Waals surface area contributed by atoms with Gasteiger partial charge in [0.1, 0.15) is 0 Å². The molecular weight excluding hydrogens is 166 g/mol. The number of aliphatic hydroxyl groups is 1. The van der Waals surface area contributed by atoms with Crippen molar-refractivity contribution in [3.63, 3.8) is 0 Å². The van der Waals surface area contributed by atoms with E-state index in [1.165, 1.54) is 0 Å². The van der Waals surface area contributed by atoms with Gasteiger partial charge in [0, 0.05) is 6.61 Å². The standard InChI is InChI=1S/C10H19NO2/c1-3-10(4-2)11-6-5-8-13-9-7-12/h1,10-12H,4-9H2,2H3. The Balaban J connectivity index is 3.11. The lowest BCUT2D eigenvalue weighted by Gasteiger charge is -2.09. The molecule has 1 unspecified atom stereocenters. The molecule has 13 heavy (non-hydrogen) atoms. The molecule has 0 aliphatic carbocycles. The van der Waals surface area contributed by atoms with Crippen LogP contribution in [0.3, 0.4) is 0 Å². The van der Waals surface area contributed by atoms with E-state index in [4.69, 9.17) is 16.3 Å². The van der Waals surface area contributed by atoms with E-state index in [1.54, 1.807) is 0 Å². The van der Waals surface area contributed by atoms with Crippen LogP contribution < -0.4 is 5.32 Å². The zero-order valence-corrected chi connectivity index (χ0v) is 8.25. The lowest BCUT2D eigenvalue weighted by molar-refractivity contribution is 0.0906. The number of hydrogen-bond donors (Lipinski definition) is 2. The van der Waals surface area contributed by atoms with Gasteiger partial charge in [-0.15, -0.1) is 6.42 Å². The Hall–Kier alpha value is -0.560. The van der Waals surface area contributed by atoms with Crippen molar-refractivity contribution in [2.45, 2.75) is 25.8 Å². The van der Waals surface area contributed by atoms with Gasteiger partial charge in [-0.1, -0.05) is 12.8 Å². The maximum absolute atomic E-state index is 8.42. The van der Waals surface area contributed by atoms with E-state index in [9.17, 15) is 0 Å². The molecule has 0 saturated carbocycles. The Labute approximate surface area is 80.5 Å². The Morgan fingerprint density at radius 1 is 1.54 bits per heavy atom. The fraction of sp³-hybridized carbons (Fsp3) is 0.800. The average Bonchev–Trinajstić information content (AvgIpc) is 2.17. The van der Waals surface area contributed by atoms with Crippen LogP contribution in [0.5, 0.6) is 0 Å². The van der Waals surface area contributed by atoms with Crippen LogP contribution in [0.4, 0.5) is 0 Å². The molecular formula is C10H19NO2. The number of terminal acetylenes is 1. The molecule has 0 aliphatic rings. The van der Waals surface area contributed by atoms with Gasteiger partial charge in [-0.2, -0.15) is 0 Å². The van der Waals surface area contributed by atoms with Gasteiger partial charge in [0.25, 0.3) is 0 Å². The highest BCUT2D eigenvalue weighted by Crippen LogP contribution is 1.88. The Kier molecular flexibility index (Phi) is 9.12. The Morgan fingerprint density at radius 3 is 2.85 bits per heavy atom. The van der Waals surface area contributed by atoms with Gasteiger partial charge in [0.2, 0.25) is 0 Å². The average molecular weight is 185 g/mol. The first-order valence-electron chi connectivity index (χ1n) is 4.73. The number of hydrogen-bond acceptors (Lipinski definition) is 3. The number of nitrogens with one attached hydrogen (secondary N) is 1. The predicted molar refractivity (Wildman–Crippen MR) is 53.4 cm³/mol. The minimum atomic E-state index is 0.0926. The van der Waals surface area contributed by atoms with Crippen LogP contribution in [-0.2, 0) is 4.74 Å². The summed E-state index contributed by atoms with van der Waals surface area (Å²) in [7, 11) is 0. The van der Waals surface area contributed by atoms with Gasteiger partial charge >= 0.3 is 0 Å². The second-order valence-corrected chi connectivity index (χ2v) is 2.77. The van der Waals surface area contributed by atoms with Crippen LogP contribution in [0.2, 0.25) is 0 Å². The fourth-order valence-electron chi connectivity index (χ4n) is 0.938. The van der Waals surface area contributed by atoms with Gasteiger partial charge in [-0.25, -0.2) is 0 Å². The molecule has 0 aromatic heterocycles. The minimum Gasteiger partial charge on any atom is -0.394 e. The van der Waals surface area contributed by atoms with E-state index in [2.05, 4.69) is 18.2 Å². The lowest BCUT2D eigenvalue weighted by atomic mass is 10.2. The summed E-state index contributed by atoms with van der Waals surface area (Å²) in [4.78, 5) is 0. The van der Waals surface area contributed by atoms with E-state index >= 15 is 0 Å². The van der Waals surface area contributed by atoms with E-state index in [0.717, 1.165) is 19.4 Å². The lowest BCUT2D eigenvalue weighted by Crippen LogP contribution is -2.28. The molecule has 0 fully saturated rings. The van der Waals surface area contributed by atoms with Crippen LogP contribution in [0.25, 0.3) is 0 Å². The van der Waals surface area contributed by atoms with Crippen molar-refractivity contribution in [2.75, 3.05) is 26.4 Å². The molecule has 0 rings (SSSR count). The first-order chi connectivity index (χ1) is 6.35. The third-order valence-corrected chi connectivity index (χ3v) is 1.70. The molecule has 0 heterocycles. The predicted octanol–water partition coefficient (Wildman–Crippen LogP) is 0.387. The molecule has 0 aromatic carbocycles. The highest BCUT2D eigenvalue weighted by Gasteiger charge is 1.98. The van der Waals surface area contributed by atoms with Gasteiger partial charge in [-0.05, 0) is 19.4 Å². The van der Waals surface area contributed by atoms with Crippen LogP contribution in [0.1, 0.15) is 19.8 Å². The number of rotatable bonds is 8. The zero-order valence-electron chi connectivity index (χ0n) is 8.25. The maximum atomic E-state index is 8.42.